The number of ether oxygens (including phenoxy) is 2. The van der Waals surface area contributed by atoms with E-state index in [0.29, 0.717) is 19.4 Å². The van der Waals surface area contributed by atoms with E-state index >= 15 is 0 Å². The summed E-state index contributed by atoms with van der Waals surface area (Å²) in [6.45, 7) is 12.9. The molecule has 1 saturated heterocycles. The van der Waals surface area contributed by atoms with Crippen molar-refractivity contribution in [3.05, 3.63) is 35.9 Å². The highest BCUT2D eigenvalue weighted by Crippen LogP contribution is 2.40. The molecule has 1 aromatic carbocycles. The predicted octanol–water partition coefficient (Wildman–Crippen LogP) is 3.86. The second kappa shape index (κ2) is 11.2. The van der Waals surface area contributed by atoms with Crippen LogP contribution in [0.1, 0.15) is 46.1 Å². The summed E-state index contributed by atoms with van der Waals surface area (Å²) in [7, 11) is -0.850. The Hall–Kier alpha value is -2.39. The molecular weight excluding hydrogens is 440 g/mol. The summed E-state index contributed by atoms with van der Waals surface area (Å²) in [6, 6.07) is 8.65. The molecular formula is C24H38N2O6Si. The summed E-state index contributed by atoms with van der Waals surface area (Å²) in [4.78, 5) is 38.0. The summed E-state index contributed by atoms with van der Waals surface area (Å²) in [5.41, 5.74) is 0.926. The SMILES string of the molecule is COC(=O)[C@H](CC[C@@H](O[Si](C)(C)C(C)(C)C)[C@H]1CN1C(=O)OCc1ccccc1)NC(C)=O. The molecule has 1 heterocycles. The minimum atomic E-state index is -2.15. The van der Waals surface area contributed by atoms with Crippen LogP contribution in [-0.2, 0) is 30.1 Å². The molecule has 2 rings (SSSR count). The number of hydrogen-bond acceptors (Lipinski definition) is 6. The van der Waals surface area contributed by atoms with Gasteiger partial charge < -0.3 is 19.2 Å². The second-order valence-corrected chi connectivity index (χ2v) is 14.8. The number of carbonyl (C=O) groups is 3. The van der Waals surface area contributed by atoms with E-state index in [9.17, 15) is 14.4 Å². The third kappa shape index (κ3) is 7.85. The maximum absolute atomic E-state index is 12.6. The van der Waals surface area contributed by atoms with E-state index in [1.165, 1.54) is 14.0 Å². The van der Waals surface area contributed by atoms with Crippen molar-refractivity contribution in [1.82, 2.24) is 10.2 Å². The van der Waals surface area contributed by atoms with Crippen LogP contribution < -0.4 is 5.32 Å². The van der Waals surface area contributed by atoms with Crippen molar-refractivity contribution < 1.29 is 28.3 Å². The van der Waals surface area contributed by atoms with Crippen LogP contribution in [-0.4, -0.2) is 63.0 Å². The van der Waals surface area contributed by atoms with Gasteiger partial charge in [-0.3, -0.25) is 9.69 Å². The van der Waals surface area contributed by atoms with Gasteiger partial charge in [0.2, 0.25) is 5.91 Å². The normalized spacial score (nSPS) is 17.7. The number of nitrogens with one attached hydrogen (secondary N) is 1. The molecule has 0 radical (unpaired) electrons. The predicted molar refractivity (Wildman–Crippen MR) is 128 cm³/mol. The lowest BCUT2D eigenvalue weighted by molar-refractivity contribution is -0.145. The van der Waals surface area contributed by atoms with Gasteiger partial charge in [-0.2, -0.15) is 0 Å². The lowest BCUT2D eigenvalue weighted by Crippen LogP contribution is -2.47. The van der Waals surface area contributed by atoms with Gasteiger partial charge in [0.15, 0.2) is 8.32 Å². The fraction of sp³-hybridized carbons (Fsp3) is 0.625. The highest BCUT2D eigenvalue weighted by molar-refractivity contribution is 6.74. The van der Waals surface area contributed by atoms with E-state index in [1.54, 1.807) is 4.90 Å². The topological polar surface area (TPSA) is 93.9 Å². The summed E-state index contributed by atoms with van der Waals surface area (Å²) in [5, 5.41) is 2.63. The zero-order valence-electron chi connectivity index (χ0n) is 20.8. The minimum Gasteiger partial charge on any atom is -0.467 e. The molecule has 1 aromatic rings. The lowest BCUT2D eigenvalue weighted by Gasteiger charge is -2.39. The number of benzene rings is 1. The summed E-state index contributed by atoms with van der Waals surface area (Å²) in [5.74, 6) is -0.795. The molecule has 3 atom stereocenters. The van der Waals surface area contributed by atoms with E-state index in [0.717, 1.165) is 5.56 Å². The number of nitrogens with zero attached hydrogens (tertiary/aromatic N) is 1. The van der Waals surface area contributed by atoms with E-state index in [4.69, 9.17) is 13.9 Å². The number of amides is 2. The Kier molecular flexibility index (Phi) is 9.08. The number of rotatable bonds is 10. The third-order valence-corrected chi connectivity index (χ3v) is 10.9. The van der Waals surface area contributed by atoms with Crippen molar-refractivity contribution in [3.8, 4) is 0 Å². The molecule has 0 aliphatic carbocycles. The Balaban J connectivity index is 2.07. The highest BCUT2D eigenvalue weighted by atomic mass is 28.4. The molecule has 1 aliphatic heterocycles. The first-order valence-electron chi connectivity index (χ1n) is 11.4. The van der Waals surface area contributed by atoms with Crippen molar-refractivity contribution >= 4 is 26.3 Å². The summed E-state index contributed by atoms with van der Waals surface area (Å²) < 4.78 is 17.0. The Labute approximate surface area is 198 Å². The molecule has 1 N–H and O–H groups in total. The average Bonchev–Trinajstić information content (AvgIpc) is 3.54. The standard InChI is InChI=1S/C24H38N2O6Si/c1-17(27)25-19(22(28)30-5)13-14-21(32-33(6,7)24(2,3)4)20-15-26(20)23(29)31-16-18-11-9-8-10-12-18/h8-12,19-21H,13-16H2,1-7H3,(H,25,27)/t19-,20+,21+,26?/m0/s1. The maximum atomic E-state index is 12.6. The second-order valence-electron chi connectivity index (χ2n) is 10.0. The molecule has 8 nitrogen and oxygen atoms in total. The van der Waals surface area contributed by atoms with Crippen molar-refractivity contribution in [3.63, 3.8) is 0 Å². The maximum Gasteiger partial charge on any atom is 0.410 e. The van der Waals surface area contributed by atoms with Crippen molar-refractivity contribution in [2.24, 2.45) is 0 Å². The number of esters is 1. The average molecular weight is 479 g/mol. The van der Waals surface area contributed by atoms with Crippen LogP contribution in [0.3, 0.4) is 0 Å². The highest BCUT2D eigenvalue weighted by Gasteiger charge is 2.49. The Morgan fingerprint density at radius 1 is 1.15 bits per heavy atom. The first-order chi connectivity index (χ1) is 15.4. The molecule has 33 heavy (non-hydrogen) atoms. The van der Waals surface area contributed by atoms with Crippen LogP contribution in [0.2, 0.25) is 18.1 Å². The Morgan fingerprint density at radius 3 is 2.33 bits per heavy atom. The summed E-state index contributed by atoms with van der Waals surface area (Å²) in [6.07, 6.45) is 0.212. The van der Waals surface area contributed by atoms with Gasteiger partial charge in [-0.15, -0.1) is 0 Å². The Morgan fingerprint density at radius 2 is 1.79 bits per heavy atom. The lowest BCUT2D eigenvalue weighted by atomic mass is 10.1. The van der Waals surface area contributed by atoms with Gasteiger partial charge in [0.25, 0.3) is 0 Å². The largest absolute Gasteiger partial charge is 0.467 e. The monoisotopic (exact) mass is 478 g/mol. The molecule has 0 unspecified atom stereocenters. The van der Waals surface area contributed by atoms with Crippen molar-refractivity contribution in [1.29, 1.82) is 0 Å². The minimum absolute atomic E-state index is 0.0157. The molecule has 184 valence electrons. The molecule has 0 saturated carbocycles. The molecule has 0 spiro atoms. The van der Waals surface area contributed by atoms with E-state index in [1.807, 2.05) is 30.3 Å². The van der Waals surface area contributed by atoms with Gasteiger partial charge in [0.05, 0.1) is 19.3 Å². The zero-order valence-corrected chi connectivity index (χ0v) is 21.8. The first kappa shape index (κ1) is 26.9. The Bertz CT molecular complexity index is 824. The zero-order chi connectivity index (χ0) is 24.8. The molecule has 0 bridgehead atoms. The van der Waals surface area contributed by atoms with Crippen molar-refractivity contribution in [2.75, 3.05) is 13.7 Å². The van der Waals surface area contributed by atoms with Gasteiger partial charge in [-0.25, -0.2) is 9.59 Å². The van der Waals surface area contributed by atoms with Gasteiger partial charge in [0, 0.05) is 13.5 Å². The first-order valence-corrected chi connectivity index (χ1v) is 14.3. The van der Waals surface area contributed by atoms with Gasteiger partial charge in [0.1, 0.15) is 12.6 Å². The quantitative estimate of drug-likeness (QED) is 0.312. The van der Waals surface area contributed by atoms with Crippen LogP contribution in [0.15, 0.2) is 30.3 Å². The van der Waals surface area contributed by atoms with Crippen LogP contribution >= 0.6 is 0 Å². The fourth-order valence-electron chi connectivity index (χ4n) is 3.34. The van der Waals surface area contributed by atoms with E-state index < -0.39 is 20.3 Å². The van der Waals surface area contributed by atoms with Gasteiger partial charge in [-0.05, 0) is 36.5 Å². The molecule has 1 fully saturated rings. The molecule has 2 amide bonds. The molecule has 9 heteroatoms. The summed E-state index contributed by atoms with van der Waals surface area (Å²) >= 11 is 0. The van der Waals surface area contributed by atoms with E-state index in [2.05, 4.69) is 39.2 Å². The third-order valence-electron chi connectivity index (χ3n) is 6.37. The molecule has 1 aliphatic rings. The van der Waals surface area contributed by atoms with Gasteiger partial charge >= 0.3 is 12.1 Å². The number of carbonyl (C=O) groups excluding carboxylic acids is 3. The van der Waals surface area contributed by atoms with Crippen molar-refractivity contribution in [2.45, 2.75) is 83.5 Å². The van der Waals surface area contributed by atoms with Gasteiger partial charge in [-0.1, -0.05) is 51.1 Å². The smallest absolute Gasteiger partial charge is 0.410 e. The van der Waals surface area contributed by atoms with Crippen LogP contribution in [0.4, 0.5) is 4.79 Å². The molecule has 0 aromatic heterocycles. The number of methoxy groups -OCH3 is 1. The number of hydrogen-bond donors (Lipinski definition) is 1. The van der Waals surface area contributed by atoms with E-state index in [-0.39, 0.29) is 35.8 Å². The van der Waals surface area contributed by atoms with Crippen LogP contribution in [0.5, 0.6) is 0 Å². The van der Waals surface area contributed by atoms with Crippen LogP contribution in [0, 0.1) is 0 Å². The fourth-order valence-corrected chi connectivity index (χ4v) is 4.72. The van der Waals surface area contributed by atoms with Crippen LogP contribution in [0.25, 0.3) is 0 Å².